The summed E-state index contributed by atoms with van der Waals surface area (Å²) in [6.45, 7) is 3.57. The molecule has 0 radical (unpaired) electrons. The minimum atomic E-state index is -0.226. The second-order valence-electron chi connectivity index (χ2n) is 3.72. The molecule has 0 unspecified atom stereocenters. The first kappa shape index (κ1) is 13.2. The normalized spacial score (nSPS) is 13.0. The molecule has 0 aromatic carbocycles. The Morgan fingerprint density at radius 2 is 2.19 bits per heavy atom. The van der Waals surface area contributed by atoms with E-state index in [1.807, 2.05) is 24.7 Å². The number of nitrogens with zero attached hydrogens (tertiary/aromatic N) is 2. The van der Waals surface area contributed by atoms with Crippen molar-refractivity contribution < 1.29 is 38.1 Å². The first-order chi connectivity index (χ1) is 7.20. The van der Waals surface area contributed by atoms with Gasteiger partial charge < -0.3 is 28.7 Å². The molecular weight excluding hydrogens is 319 g/mol. The number of carbonyl (C=O) groups is 1. The van der Waals surface area contributed by atoms with Crippen LogP contribution in [-0.2, 0) is 24.9 Å². The zero-order chi connectivity index (χ0) is 10.8. The van der Waals surface area contributed by atoms with E-state index in [0.717, 1.165) is 0 Å². The first-order valence-corrected chi connectivity index (χ1v) is 5.09. The van der Waals surface area contributed by atoms with Crippen LogP contribution in [0.5, 0.6) is 0 Å². The van der Waals surface area contributed by atoms with E-state index >= 15 is 0 Å². The quantitative estimate of drug-likeness (QED) is 0.439. The SMILES string of the molecule is CCOC(=O)N1Cc2cc[n+](C)cc2C1.[I-]. The average molecular weight is 334 g/mol. The standard InChI is InChI=1S/C11H15N2O2.HI/c1-3-15-11(14)13-7-9-4-5-12(2)6-10(9)8-13;/h4-6H,3,7-8H2,1-2H3;1H/q+1;/p-1. The summed E-state index contributed by atoms with van der Waals surface area (Å²) in [6.07, 6.45) is 3.82. The Morgan fingerprint density at radius 1 is 1.50 bits per heavy atom. The maximum Gasteiger partial charge on any atom is 0.410 e. The second kappa shape index (κ2) is 5.47. The molecule has 88 valence electrons. The van der Waals surface area contributed by atoms with Crippen molar-refractivity contribution in [3.8, 4) is 0 Å². The molecule has 0 saturated carbocycles. The third-order valence-electron chi connectivity index (χ3n) is 2.53. The summed E-state index contributed by atoms with van der Waals surface area (Å²) in [5.74, 6) is 0. The van der Waals surface area contributed by atoms with Crippen molar-refractivity contribution >= 4 is 6.09 Å². The van der Waals surface area contributed by atoms with Crippen LogP contribution in [0.1, 0.15) is 18.1 Å². The molecule has 2 heterocycles. The number of halogens is 1. The van der Waals surface area contributed by atoms with E-state index in [1.54, 1.807) is 4.90 Å². The van der Waals surface area contributed by atoms with Gasteiger partial charge in [-0.3, -0.25) is 4.90 Å². The Labute approximate surface area is 112 Å². The summed E-state index contributed by atoms with van der Waals surface area (Å²) in [7, 11) is 1.98. The van der Waals surface area contributed by atoms with Crippen molar-refractivity contribution in [1.29, 1.82) is 0 Å². The zero-order valence-corrected chi connectivity index (χ0v) is 11.6. The van der Waals surface area contributed by atoms with E-state index in [-0.39, 0.29) is 30.1 Å². The number of rotatable bonds is 1. The van der Waals surface area contributed by atoms with Crippen LogP contribution < -0.4 is 28.5 Å². The van der Waals surface area contributed by atoms with Crippen LogP contribution in [0.15, 0.2) is 18.5 Å². The van der Waals surface area contributed by atoms with Gasteiger partial charge in [0.1, 0.15) is 7.05 Å². The van der Waals surface area contributed by atoms with Gasteiger partial charge in [-0.25, -0.2) is 9.36 Å². The van der Waals surface area contributed by atoms with Crippen molar-refractivity contribution in [3.63, 3.8) is 0 Å². The highest BCUT2D eigenvalue weighted by Gasteiger charge is 2.25. The number of hydrogen-bond acceptors (Lipinski definition) is 2. The number of aromatic nitrogens is 1. The Morgan fingerprint density at radius 3 is 2.88 bits per heavy atom. The average Bonchev–Trinajstić information content (AvgIpc) is 2.60. The van der Waals surface area contributed by atoms with E-state index in [4.69, 9.17) is 4.74 Å². The van der Waals surface area contributed by atoms with Gasteiger partial charge in [0, 0.05) is 11.6 Å². The Bertz CT molecular complexity index is 396. The lowest BCUT2D eigenvalue weighted by Gasteiger charge is -2.13. The van der Waals surface area contributed by atoms with Crippen molar-refractivity contribution in [1.82, 2.24) is 4.90 Å². The second-order valence-corrected chi connectivity index (χ2v) is 3.72. The van der Waals surface area contributed by atoms with Crippen LogP contribution in [0.3, 0.4) is 0 Å². The molecule has 2 rings (SSSR count). The smallest absolute Gasteiger partial charge is 0.410 e. The highest BCUT2D eigenvalue weighted by atomic mass is 127. The minimum Gasteiger partial charge on any atom is -1.00 e. The summed E-state index contributed by atoms with van der Waals surface area (Å²) in [6, 6.07) is 2.05. The van der Waals surface area contributed by atoms with Gasteiger partial charge >= 0.3 is 6.09 Å². The van der Waals surface area contributed by atoms with E-state index in [9.17, 15) is 4.79 Å². The van der Waals surface area contributed by atoms with Crippen LogP contribution >= 0.6 is 0 Å². The third kappa shape index (κ3) is 2.63. The summed E-state index contributed by atoms with van der Waals surface area (Å²) < 4.78 is 6.96. The van der Waals surface area contributed by atoms with Crippen LogP contribution in [-0.4, -0.2) is 17.6 Å². The molecule has 0 aliphatic carbocycles. The number of pyridine rings is 1. The van der Waals surface area contributed by atoms with Crippen LogP contribution in [0.4, 0.5) is 4.79 Å². The van der Waals surface area contributed by atoms with E-state index in [0.29, 0.717) is 19.7 Å². The zero-order valence-electron chi connectivity index (χ0n) is 9.44. The van der Waals surface area contributed by atoms with E-state index < -0.39 is 0 Å². The number of ether oxygens (including phenoxy) is 1. The Balaban J connectivity index is 0.00000128. The summed E-state index contributed by atoms with van der Waals surface area (Å²) in [5, 5.41) is 0. The molecule has 1 aliphatic rings. The van der Waals surface area contributed by atoms with Gasteiger partial charge in [-0.15, -0.1) is 0 Å². The molecule has 0 spiro atoms. The van der Waals surface area contributed by atoms with Crippen molar-refractivity contribution in [2.24, 2.45) is 7.05 Å². The topological polar surface area (TPSA) is 33.4 Å². The lowest BCUT2D eigenvalue weighted by atomic mass is 10.2. The van der Waals surface area contributed by atoms with Gasteiger partial charge in [-0.05, 0) is 12.5 Å². The Hall–Kier alpha value is -0.850. The van der Waals surface area contributed by atoms with Gasteiger partial charge in [0.2, 0.25) is 0 Å². The van der Waals surface area contributed by atoms with Gasteiger partial charge in [-0.1, -0.05) is 0 Å². The number of aryl methyl sites for hydroxylation is 1. The van der Waals surface area contributed by atoms with E-state index in [2.05, 4.69) is 12.3 Å². The van der Waals surface area contributed by atoms with E-state index in [1.165, 1.54) is 11.1 Å². The van der Waals surface area contributed by atoms with Gasteiger partial charge in [0.25, 0.3) is 0 Å². The number of carbonyl (C=O) groups excluding carboxylic acids is 1. The number of fused-ring (bicyclic) bond motifs is 1. The molecule has 0 atom stereocenters. The molecule has 1 aromatic heterocycles. The number of amides is 1. The maximum atomic E-state index is 11.5. The first-order valence-electron chi connectivity index (χ1n) is 5.09. The molecule has 5 heteroatoms. The fraction of sp³-hybridized carbons (Fsp3) is 0.455. The van der Waals surface area contributed by atoms with Gasteiger partial charge in [-0.2, -0.15) is 0 Å². The molecular formula is C11H15IN2O2. The summed E-state index contributed by atoms with van der Waals surface area (Å²) >= 11 is 0. The highest BCUT2D eigenvalue weighted by Crippen LogP contribution is 2.21. The number of hydrogen-bond donors (Lipinski definition) is 0. The molecule has 1 aliphatic heterocycles. The lowest BCUT2D eigenvalue weighted by Crippen LogP contribution is -3.00. The Kier molecular flexibility index (Phi) is 4.52. The fourth-order valence-electron chi connectivity index (χ4n) is 1.79. The van der Waals surface area contributed by atoms with Gasteiger partial charge in [0.05, 0.1) is 19.7 Å². The van der Waals surface area contributed by atoms with Crippen molar-refractivity contribution in [3.05, 3.63) is 29.6 Å². The molecule has 1 aromatic rings. The molecule has 0 fully saturated rings. The fourth-order valence-corrected chi connectivity index (χ4v) is 1.79. The largest absolute Gasteiger partial charge is 1.00 e. The third-order valence-corrected chi connectivity index (χ3v) is 2.53. The lowest BCUT2D eigenvalue weighted by molar-refractivity contribution is -0.671. The molecule has 16 heavy (non-hydrogen) atoms. The molecule has 4 nitrogen and oxygen atoms in total. The maximum absolute atomic E-state index is 11.5. The molecule has 0 bridgehead atoms. The minimum absolute atomic E-state index is 0. The highest BCUT2D eigenvalue weighted by molar-refractivity contribution is 5.68. The summed E-state index contributed by atoms with van der Waals surface area (Å²) in [5.41, 5.74) is 2.41. The molecule has 0 saturated heterocycles. The van der Waals surface area contributed by atoms with Crippen LogP contribution in [0.2, 0.25) is 0 Å². The predicted octanol–water partition coefficient (Wildman–Crippen LogP) is -2.01. The summed E-state index contributed by atoms with van der Waals surface area (Å²) in [4.78, 5) is 13.2. The monoisotopic (exact) mass is 334 g/mol. The van der Waals surface area contributed by atoms with Crippen molar-refractivity contribution in [2.75, 3.05) is 6.61 Å². The molecule has 1 amide bonds. The van der Waals surface area contributed by atoms with Crippen molar-refractivity contribution in [2.45, 2.75) is 20.0 Å². The van der Waals surface area contributed by atoms with Gasteiger partial charge in [0.15, 0.2) is 12.4 Å². The van der Waals surface area contributed by atoms with Crippen LogP contribution in [0, 0.1) is 0 Å². The predicted molar refractivity (Wildman–Crippen MR) is 53.9 cm³/mol. The van der Waals surface area contributed by atoms with Crippen LogP contribution in [0.25, 0.3) is 0 Å². The molecule has 0 N–H and O–H groups in total.